The van der Waals surface area contributed by atoms with Crippen molar-refractivity contribution in [3.63, 3.8) is 0 Å². The summed E-state index contributed by atoms with van der Waals surface area (Å²) in [4.78, 5) is 0. The van der Waals surface area contributed by atoms with Gasteiger partial charge in [0.25, 0.3) is 0 Å². The molecule has 2 heteroatoms. The molecule has 0 radical (unpaired) electrons. The molecule has 1 fully saturated rings. The Morgan fingerprint density at radius 3 is 1.96 bits per heavy atom. The molecule has 2 rings (SSSR count). The molecule has 0 aromatic heterocycles. The van der Waals surface area contributed by atoms with Crippen molar-refractivity contribution in [2.24, 2.45) is 11.3 Å². The number of rotatable bonds is 4. The minimum Gasteiger partial charge on any atom is -0.387 e. The van der Waals surface area contributed by atoms with Crippen molar-refractivity contribution >= 4 is 0 Å². The molecule has 0 spiro atoms. The van der Waals surface area contributed by atoms with Gasteiger partial charge < -0.3 is 10.4 Å². The topological polar surface area (TPSA) is 32.3 Å². The van der Waals surface area contributed by atoms with E-state index >= 15 is 0 Å². The summed E-state index contributed by atoms with van der Waals surface area (Å²) in [7, 11) is 0. The van der Waals surface area contributed by atoms with E-state index in [2.05, 4.69) is 71.1 Å². The van der Waals surface area contributed by atoms with E-state index in [9.17, 15) is 5.11 Å². The molecule has 24 heavy (non-hydrogen) atoms. The molecule has 1 aliphatic rings. The van der Waals surface area contributed by atoms with Gasteiger partial charge in [0.2, 0.25) is 0 Å². The summed E-state index contributed by atoms with van der Waals surface area (Å²) in [5.41, 5.74) is 2.91. The van der Waals surface area contributed by atoms with Crippen LogP contribution in [0.4, 0.5) is 0 Å². The first-order valence-corrected chi connectivity index (χ1v) is 9.59. The van der Waals surface area contributed by atoms with Crippen LogP contribution in [-0.4, -0.2) is 17.7 Å². The van der Waals surface area contributed by atoms with Crippen LogP contribution in [0.15, 0.2) is 24.3 Å². The Morgan fingerprint density at radius 2 is 1.50 bits per heavy atom. The number of benzene rings is 1. The number of nitrogens with one attached hydrogen (secondary N) is 1. The summed E-state index contributed by atoms with van der Waals surface area (Å²) in [6.45, 7) is 14.4. The van der Waals surface area contributed by atoms with Crippen LogP contribution in [0.2, 0.25) is 0 Å². The van der Waals surface area contributed by atoms with Crippen molar-refractivity contribution in [2.45, 2.75) is 84.8 Å². The molecule has 1 saturated carbocycles. The third-order valence-electron chi connectivity index (χ3n) is 5.71. The zero-order valence-corrected chi connectivity index (χ0v) is 16.5. The second-order valence-electron chi connectivity index (χ2n) is 9.71. The molecular weight excluding hydrogens is 294 g/mol. The standard InChI is InChI=1S/C22H37NO/c1-21(2,3)17-9-7-16(8-10-17)20(24)15-23-19-13-11-18(12-14-19)22(4,5)6/h7-10,18-20,23-24H,11-15H2,1-6H3. The highest BCUT2D eigenvalue weighted by Crippen LogP contribution is 2.37. The predicted molar refractivity (Wildman–Crippen MR) is 103 cm³/mol. The zero-order valence-electron chi connectivity index (χ0n) is 16.5. The molecule has 1 unspecified atom stereocenters. The summed E-state index contributed by atoms with van der Waals surface area (Å²) in [6, 6.07) is 9.00. The Labute approximate surface area is 149 Å². The largest absolute Gasteiger partial charge is 0.387 e. The minimum atomic E-state index is -0.417. The molecule has 1 aromatic carbocycles. The SMILES string of the molecule is CC(C)(C)c1ccc(C(O)CNC2CCC(C(C)(C)C)CC2)cc1. The first-order valence-electron chi connectivity index (χ1n) is 9.59. The van der Waals surface area contributed by atoms with E-state index in [0.29, 0.717) is 18.0 Å². The van der Waals surface area contributed by atoms with Gasteiger partial charge in [-0.2, -0.15) is 0 Å². The van der Waals surface area contributed by atoms with Crippen LogP contribution in [0.25, 0.3) is 0 Å². The van der Waals surface area contributed by atoms with Crippen molar-refractivity contribution in [3.8, 4) is 0 Å². The van der Waals surface area contributed by atoms with E-state index in [1.54, 1.807) is 0 Å². The Hall–Kier alpha value is -0.860. The summed E-state index contributed by atoms with van der Waals surface area (Å²) in [6.07, 6.45) is 4.66. The molecule has 2 N–H and O–H groups in total. The molecule has 0 amide bonds. The first kappa shape index (κ1) is 19.5. The van der Waals surface area contributed by atoms with Gasteiger partial charge in [-0.25, -0.2) is 0 Å². The molecule has 0 bridgehead atoms. The molecule has 0 saturated heterocycles. The summed E-state index contributed by atoms with van der Waals surface area (Å²) in [5.74, 6) is 0.838. The van der Waals surface area contributed by atoms with Gasteiger partial charge in [0, 0.05) is 12.6 Å². The van der Waals surface area contributed by atoms with Crippen molar-refractivity contribution < 1.29 is 5.11 Å². The van der Waals surface area contributed by atoms with Crippen LogP contribution in [0.5, 0.6) is 0 Å². The Morgan fingerprint density at radius 1 is 0.958 bits per heavy atom. The van der Waals surface area contributed by atoms with E-state index < -0.39 is 6.10 Å². The molecule has 136 valence electrons. The Bertz CT molecular complexity index is 498. The van der Waals surface area contributed by atoms with Crippen molar-refractivity contribution in [2.75, 3.05) is 6.54 Å². The number of hydrogen-bond donors (Lipinski definition) is 2. The van der Waals surface area contributed by atoms with Gasteiger partial charge in [-0.15, -0.1) is 0 Å². The number of aliphatic hydroxyl groups excluding tert-OH is 1. The third-order valence-corrected chi connectivity index (χ3v) is 5.71. The van der Waals surface area contributed by atoms with Crippen LogP contribution in [-0.2, 0) is 5.41 Å². The zero-order chi connectivity index (χ0) is 18.0. The third kappa shape index (κ3) is 5.32. The number of hydrogen-bond acceptors (Lipinski definition) is 2. The lowest BCUT2D eigenvalue weighted by Crippen LogP contribution is -2.38. The first-order chi connectivity index (χ1) is 11.1. The Balaban J connectivity index is 1.81. The van der Waals surface area contributed by atoms with Gasteiger partial charge in [0.05, 0.1) is 6.10 Å². The second kappa shape index (κ2) is 7.58. The Kier molecular flexibility index (Phi) is 6.14. The quantitative estimate of drug-likeness (QED) is 0.793. The maximum atomic E-state index is 10.5. The van der Waals surface area contributed by atoms with E-state index in [1.165, 1.54) is 31.2 Å². The molecule has 1 aromatic rings. The number of aliphatic hydroxyl groups is 1. The lowest BCUT2D eigenvalue weighted by molar-refractivity contribution is 0.139. The molecule has 1 aliphatic carbocycles. The monoisotopic (exact) mass is 331 g/mol. The van der Waals surface area contributed by atoms with Gasteiger partial charge in [0.1, 0.15) is 0 Å². The van der Waals surface area contributed by atoms with Crippen LogP contribution in [0.1, 0.15) is 84.5 Å². The molecule has 0 aliphatic heterocycles. The maximum Gasteiger partial charge on any atom is 0.0914 e. The van der Waals surface area contributed by atoms with Gasteiger partial charge in [-0.3, -0.25) is 0 Å². The summed E-state index contributed by atoms with van der Waals surface area (Å²) >= 11 is 0. The smallest absolute Gasteiger partial charge is 0.0914 e. The highest BCUT2D eigenvalue weighted by atomic mass is 16.3. The summed E-state index contributed by atoms with van der Waals surface area (Å²) in [5, 5.41) is 14.1. The van der Waals surface area contributed by atoms with E-state index in [1.807, 2.05) is 0 Å². The average Bonchev–Trinajstić information content (AvgIpc) is 2.51. The van der Waals surface area contributed by atoms with Gasteiger partial charge in [-0.1, -0.05) is 65.8 Å². The molecule has 1 atom stereocenters. The van der Waals surface area contributed by atoms with E-state index in [0.717, 1.165) is 11.5 Å². The maximum absolute atomic E-state index is 10.5. The van der Waals surface area contributed by atoms with E-state index in [4.69, 9.17) is 0 Å². The molecular formula is C22H37NO. The summed E-state index contributed by atoms with van der Waals surface area (Å²) < 4.78 is 0. The predicted octanol–water partition coefficient (Wildman–Crippen LogP) is 5.21. The minimum absolute atomic E-state index is 0.160. The molecule has 0 heterocycles. The van der Waals surface area contributed by atoms with Gasteiger partial charge >= 0.3 is 0 Å². The van der Waals surface area contributed by atoms with Crippen LogP contribution in [0, 0.1) is 11.3 Å². The van der Waals surface area contributed by atoms with E-state index in [-0.39, 0.29) is 5.41 Å². The van der Waals surface area contributed by atoms with Crippen molar-refractivity contribution in [1.82, 2.24) is 5.32 Å². The van der Waals surface area contributed by atoms with Crippen LogP contribution < -0.4 is 5.32 Å². The fourth-order valence-corrected chi connectivity index (χ4v) is 3.76. The van der Waals surface area contributed by atoms with Gasteiger partial charge in [0.15, 0.2) is 0 Å². The normalized spacial score (nSPS) is 24.0. The fourth-order valence-electron chi connectivity index (χ4n) is 3.76. The average molecular weight is 332 g/mol. The lowest BCUT2D eigenvalue weighted by atomic mass is 9.71. The van der Waals surface area contributed by atoms with Gasteiger partial charge in [-0.05, 0) is 53.6 Å². The van der Waals surface area contributed by atoms with Crippen molar-refractivity contribution in [3.05, 3.63) is 35.4 Å². The van der Waals surface area contributed by atoms with Crippen LogP contribution in [0.3, 0.4) is 0 Å². The van der Waals surface area contributed by atoms with Crippen LogP contribution >= 0.6 is 0 Å². The van der Waals surface area contributed by atoms with Crippen molar-refractivity contribution in [1.29, 1.82) is 0 Å². The second-order valence-corrected chi connectivity index (χ2v) is 9.71. The highest BCUT2D eigenvalue weighted by molar-refractivity contribution is 5.28. The highest BCUT2D eigenvalue weighted by Gasteiger charge is 2.29. The molecule has 2 nitrogen and oxygen atoms in total. The fraction of sp³-hybridized carbons (Fsp3) is 0.727. The lowest BCUT2D eigenvalue weighted by Gasteiger charge is -2.37.